The highest BCUT2D eigenvalue weighted by atomic mass is 16.5. The molecule has 1 saturated carbocycles. The zero-order valence-electron chi connectivity index (χ0n) is 6.97. The normalized spacial score (nSPS) is 25.0. The Balaban J connectivity index is 2.09. The largest absolute Gasteiger partial charge is 0.360 e. The Morgan fingerprint density at radius 1 is 1.50 bits per heavy atom. The van der Waals surface area contributed by atoms with Gasteiger partial charge in [-0.1, -0.05) is 11.6 Å². The monoisotopic (exact) mass is 164 g/mol. The number of hydrogen-bond acceptors (Lipinski definition) is 3. The highest BCUT2D eigenvalue weighted by Crippen LogP contribution is 2.45. The molecule has 2 heterocycles. The summed E-state index contributed by atoms with van der Waals surface area (Å²) in [6, 6.07) is 0. The SMILES string of the molecule is c1noc2c1CNCC21CCC1. The zero-order chi connectivity index (χ0) is 8.02. The number of rotatable bonds is 0. The molecule has 1 spiro atoms. The lowest BCUT2D eigenvalue weighted by molar-refractivity contribution is 0.164. The van der Waals surface area contributed by atoms with Crippen LogP contribution in [0, 0.1) is 0 Å². The van der Waals surface area contributed by atoms with Crippen LogP contribution in [-0.4, -0.2) is 11.7 Å². The molecular formula is C9H12N2O. The summed E-state index contributed by atoms with van der Waals surface area (Å²) in [6.07, 6.45) is 5.72. The van der Waals surface area contributed by atoms with Crippen LogP contribution in [0.5, 0.6) is 0 Å². The molecule has 12 heavy (non-hydrogen) atoms. The molecule has 0 aromatic carbocycles. The minimum absolute atomic E-state index is 0.323. The maximum atomic E-state index is 5.32. The number of nitrogens with zero attached hydrogens (tertiary/aromatic N) is 1. The summed E-state index contributed by atoms with van der Waals surface area (Å²) in [6.45, 7) is 2.01. The molecule has 1 aliphatic heterocycles. The van der Waals surface area contributed by atoms with Crippen molar-refractivity contribution in [1.82, 2.24) is 10.5 Å². The second kappa shape index (κ2) is 2.10. The summed E-state index contributed by atoms with van der Waals surface area (Å²) in [5.74, 6) is 1.16. The van der Waals surface area contributed by atoms with Crippen LogP contribution in [0.15, 0.2) is 10.7 Å². The average molecular weight is 164 g/mol. The van der Waals surface area contributed by atoms with Crippen LogP contribution < -0.4 is 5.32 Å². The van der Waals surface area contributed by atoms with Crippen LogP contribution >= 0.6 is 0 Å². The molecule has 1 aliphatic carbocycles. The first-order valence-corrected chi connectivity index (χ1v) is 4.55. The third-order valence-corrected chi connectivity index (χ3v) is 3.22. The fraction of sp³-hybridized carbons (Fsp3) is 0.667. The maximum Gasteiger partial charge on any atom is 0.148 e. The van der Waals surface area contributed by atoms with E-state index in [0.717, 1.165) is 18.8 Å². The van der Waals surface area contributed by atoms with Crippen molar-refractivity contribution in [3.63, 3.8) is 0 Å². The predicted molar refractivity (Wildman–Crippen MR) is 43.7 cm³/mol. The highest BCUT2D eigenvalue weighted by Gasteiger charge is 2.45. The molecule has 1 N–H and O–H groups in total. The summed E-state index contributed by atoms with van der Waals surface area (Å²) in [5, 5.41) is 7.29. The van der Waals surface area contributed by atoms with Crippen LogP contribution in [0.2, 0.25) is 0 Å². The maximum absolute atomic E-state index is 5.32. The van der Waals surface area contributed by atoms with E-state index in [1.807, 2.05) is 6.20 Å². The summed E-state index contributed by atoms with van der Waals surface area (Å²) in [7, 11) is 0. The predicted octanol–water partition coefficient (Wildman–Crippen LogP) is 1.20. The topological polar surface area (TPSA) is 38.1 Å². The van der Waals surface area contributed by atoms with E-state index in [2.05, 4.69) is 10.5 Å². The number of hydrogen-bond donors (Lipinski definition) is 1. The molecule has 1 aromatic heterocycles. The van der Waals surface area contributed by atoms with E-state index in [4.69, 9.17) is 4.52 Å². The van der Waals surface area contributed by atoms with E-state index in [0.29, 0.717) is 5.41 Å². The molecule has 3 rings (SSSR count). The molecule has 0 unspecified atom stereocenters. The fourth-order valence-corrected chi connectivity index (χ4v) is 2.35. The standard InChI is InChI=1S/C9H12N2O/c1-2-9(3-1)6-10-4-7-5-11-12-8(7)9/h5,10H,1-4,6H2. The number of fused-ring (bicyclic) bond motifs is 2. The molecule has 0 radical (unpaired) electrons. The fourth-order valence-electron chi connectivity index (χ4n) is 2.35. The second-order valence-electron chi connectivity index (χ2n) is 3.92. The lowest BCUT2D eigenvalue weighted by Crippen LogP contribution is -2.47. The van der Waals surface area contributed by atoms with Gasteiger partial charge in [-0.25, -0.2) is 0 Å². The van der Waals surface area contributed by atoms with Crippen LogP contribution in [-0.2, 0) is 12.0 Å². The molecular weight excluding hydrogens is 152 g/mol. The smallest absolute Gasteiger partial charge is 0.148 e. The van der Waals surface area contributed by atoms with Crippen molar-refractivity contribution in [2.24, 2.45) is 0 Å². The van der Waals surface area contributed by atoms with E-state index >= 15 is 0 Å². The summed E-state index contributed by atoms with van der Waals surface area (Å²) in [4.78, 5) is 0. The van der Waals surface area contributed by atoms with Gasteiger partial charge in [0.25, 0.3) is 0 Å². The first-order valence-electron chi connectivity index (χ1n) is 4.55. The molecule has 0 saturated heterocycles. The Morgan fingerprint density at radius 3 is 3.17 bits per heavy atom. The minimum Gasteiger partial charge on any atom is -0.360 e. The quantitative estimate of drug-likeness (QED) is 0.626. The number of aromatic nitrogens is 1. The third-order valence-electron chi connectivity index (χ3n) is 3.22. The summed E-state index contributed by atoms with van der Waals surface area (Å²) in [5.41, 5.74) is 1.59. The van der Waals surface area contributed by atoms with Gasteiger partial charge in [-0.15, -0.1) is 0 Å². The molecule has 0 atom stereocenters. The molecule has 1 aromatic rings. The Hall–Kier alpha value is -0.830. The molecule has 0 amide bonds. The van der Waals surface area contributed by atoms with Gasteiger partial charge in [0, 0.05) is 24.1 Å². The summed E-state index contributed by atoms with van der Waals surface area (Å²) >= 11 is 0. The van der Waals surface area contributed by atoms with E-state index < -0.39 is 0 Å². The van der Waals surface area contributed by atoms with Gasteiger partial charge >= 0.3 is 0 Å². The van der Waals surface area contributed by atoms with Crippen molar-refractivity contribution >= 4 is 0 Å². The van der Waals surface area contributed by atoms with Gasteiger partial charge in [0.1, 0.15) is 5.76 Å². The van der Waals surface area contributed by atoms with Gasteiger partial charge in [-0.3, -0.25) is 0 Å². The molecule has 0 bridgehead atoms. The molecule has 3 heteroatoms. The van der Waals surface area contributed by atoms with E-state index in [1.54, 1.807) is 0 Å². The first-order chi connectivity index (χ1) is 5.91. The van der Waals surface area contributed by atoms with Crippen molar-refractivity contribution in [2.45, 2.75) is 31.2 Å². The van der Waals surface area contributed by atoms with Gasteiger partial charge < -0.3 is 9.84 Å². The average Bonchev–Trinajstić information content (AvgIpc) is 2.47. The van der Waals surface area contributed by atoms with Crippen molar-refractivity contribution in [1.29, 1.82) is 0 Å². The van der Waals surface area contributed by atoms with Crippen LogP contribution in [0.25, 0.3) is 0 Å². The van der Waals surface area contributed by atoms with Crippen molar-refractivity contribution in [3.05, 3.63) is 17.5 Å². The third kappa shape index (κ3) is 0.672. The van der Waals surface area contributed by atoms with Gasteiger partial charge in [0.2, 0.25) is 0 Å². The first kappa shape index (κ1) is 6.66. The molecule has 1 fully saturated rings. The van der Waals surface area contributed by atoms with Crippen LogP contribution in [0.3, 0.4) is 0 Å². The molecule has 64 valence electrons. The van der Waals surface area contributed by atoms with Gasteiger partial charge in [-0.05, 0) is 12.8 Å². The van der Waals surface area contributed by atoms with Gasteiger partial charge in [0.05, 0.1) is 6.20 Å². The highest BCUT2D eigenvalue weighted by molar-refractivity contribution is 5.29. The Kier molecular flexibility index (Phi) is 1.17. The van der Waals surface area contributed by atoms with Crippen molar-refractivity contribution in [2.75, 3.05) is 6.54 Å². The minimum atomic E-state index is 0.323. The van der Waals surface area contributed by atoms with E-state index in [1.165, 1.54) is 24.8 Å². The Bertz CT molecular complexity index is 301. The summed E-state index contributed by atoms with van der Waals surface area (Å²) < 4.78 is 5.32. The zero-order valence-corrected chi connectivity index (χ0v) is 6.97. The lowest BCUT2D eigenvalue weighted by atomic mass is 9.65. The van der Waals surface area contributed by atoms with Gasteiger partial charge in [-0.2, -0.15) is 0 Å². The van der Waals surface area contributed by atoms with Crippen LogP contribution in [0.1, 0.15) is 30.6 Å². The van der Waals surface area contributed by atoms with Gasteiger partial charge in [0.15, 0.2) is 0 Å². The molecule has 2 aliphatic rings. The van der Waals surface area contributed by atoms with Crippen molar-refractivity contribution in [3.8, 4) is 0 Å². The van der Waals surface area contributed by atoms with E-state index in [-0.39, 0.29) is 0 Å². The van der Waals surface area contributed by atoms with Crippen molar-refractivity contribution < 1.29 is 4.52 Å². The van der Waals surface area contributed by atoms with Crippen LogP contribution in [0.4, 0.5) is 0 Å². The molecule has 3 nitrogen and oxygen atoms in total. The Morgan fingerprint density at radius 2 is 2.42 bits per heavy atom. The lowest BCUT2D eigenvalue weighted by Gasteiger charge is -2.42. The number of nitrogens with one attached hydrogen (secondary N) is 1. The second-order valence-corrected chi connectivity index (χ2v) is 3.92. The van der Waals surface area contributed by atoms with E-state index in [9.17, 15) is 0 Å². The Labute approximate surface area is 71.1 Å².